The molecule has 1 aliphatic rings. The molecule has 0 aromatic rings. The van der Waals surface area contributed by atoms with Crippen LogP contribution in [0.4, 0.5) is 0 Å². The zero-order chi connectivity index (χ0) is 9.94. The Morgan fingerprint density at radius 3 is 2.92 bits per heavy atom. The Kier molecular flexibility index (Phi) is 7.88. The van der Waals surface area contributed by atoms with Gasteiger partial charge in [0.25, 0.3) is 0 Å². The van der Waals surface area contributed by atoms with E-state index in [9.17, 15) is 4.79 Å². The minimum Gasteiger partial charge on any atom is -0.482 e. The van der Waals surface area contributed by atoms with Crippen molar-refractivity contribution in [2.45, 2.75) is 13.3 Å². The molecule has 0 atom stereocenters. The van der Waals surface area contributed by atoms with Gasteiger partial charge < -0.3 is 9.47 Å². The summed E-state index contributed by atoms with van der Waals surface area (Å²) in [6.45, 7) is 7.30. The molecular weight excluding hydrogens is 170 g/mol. The summed E-state index contributed by atoms with van der Waals surface area (Å²) in [5.41, 5.74) is 0. The molecule has 0 aromatic carbocycles. The zero-order valence-corrected chi connectivity index (χ0v) is 7.86. The number of ether oxygens (including phenoxy) is 2. The van der Waals surface area contributed by atoms with E-state index in [0.29, 0.717) is 6.61 Å². The van der Waals surface area contributed by atoms with Crippen molar-refractivity contribution in [3.05, 3.63) is 12.7 Å². The Hall–Kier alpha value is -1.32. The minimum atomic E-state index is -0.341. The van der Waals surface area contributed by atoms with Crippen LogP contribution < -0.4 is 0 Å². The molecule has 0 unspecified atom stereocenters. The smallest absolute Gasteiger partial charge is 0.330 e. The van der Waals surface area contributed by atoms with Gasteiger partial charge >= 0.3 is 5.97 Å². The molecular formula is C9H15NO3. The predicted molar refractivity (Wildman–Crippen MR) is 50.8 cm³/mol. The minimum absolute atomic E-state index is 0.341. The van der Waals surface area contributed by atoms with Gasteiger partial charge in [0, 0.05) is 6.08 Å². The summed E-state index contributed by atoms with van der Waals surface area (Å²) in [6.07, 6.45) is 3.51. The van der Waals surface area contributed by atoms with Crippen LogP contribution in [0.3, 0.4) is 0 Å². The highest BCUT2D eigenvalue weighted by molar-refractivity contribution is 5.81. The first-order chi connectivity index (χ1) is 6.31. The monoisotopic (exact) mass is 185 g/mol. The van der Waals surface area contributed by atoms with Crippen LogP contribution in [-0.2, 0) is 14.3 Å². The van der Waals surface area contributed by atoms with Gasteiger partial charge in [-0.25, -0.2) is 4.79 Å². The lowest BCUT2D eigenvalue weighted by atomic mass is 10.5. The summed E-state index contributed by atoms with van der Waals surface area (Å²) in [7, 11) is 0. The average Bonchev–Trinajstić information content (AvgIpc) is 2.72. The van der Waals surface area contributed by atoms with E-state index in [4.69, 9.17) is 0 Å². The molecule has 0 spiro atoms. The molecule has 0 aromatic heterocycles. The van der Waals surface area contributed by atoms with Crippen LogP contribution in [0.2, 0.25) is 0 Å². The number of carbonyl (C=O) groups is 1. The van der Waals surface area contributed by atoms with Gasteiger partial charge in [0.15, 0.2) is 6.40 Å². The number of rotatable bonds is 3. The maximum atomic E-state index is 10.2. The molecule has 4 nitrogen and oxygen atoms in total. The second kappa shape index (κ2) is 8.77. The molecule has 0 saturated heterocycles. The lowest BCUT2D eigenvalue weighted by Crippen LogP contribution is -1.99. The third kappa shape index (κ3) is 8.59. The molecule has 0 fully saturated rings. The summed E-state index contributed by atoms with van der Waals surface area (Å²) < 4.78 is 9.24. The van der Waals surface area contributed by atoms with Crippen molar-refractivity contribution in [2.24, 2.45) is 4.99 Å². The van der Waals surface area contributed by atoms with Gasteiger partial charge in [0.05, 0.1) is 13.2 Å². The number of carbonyl (C=O) groups excluding carboxylic acids is 1. The van der Waals surface area contributed by atoms with Gasteiger partial charge in [-0.2, -0.15) is 0 Å². The van der Waals surface area contributed by atoms with E-state index < -0.39 is 0 Å². The van der Waals surface area contributed by atoms with Gasteiger partial charge in [-0.05, 0) is 6.42 Å². The topological polar surface area (TPSA) is 47.9 Å². The Morgan fingerprint density at radius 1 is 1.85 bits per heavy atom. The van der Waals surface area contributed by atoms with E-state index in [-0.39, 0.29) is 5.97 Å². The van der Waals surface area contributed by atoms with E-state index in [1.807, 2.05) is 6.92 Å². The lowest BCUT2D eigenvalue weighted by Gasteiger charge is -1.94. The first-order valence-corrected chi connectivity index (χ1v) is 4.20. The maximum absolute atomic E-state index is 10.2. The van der Waals surface area contributed by atoms with E-state index >= 15 is 0 Å². The summed E-state index contributed by atoms with van der Waals surface area (Å²) in [4.78, 5) is 14.0. The highest BCUT2D eigenvalue weighted by Crippen LogP contribution is 1.81. The van der Waals surface area contributed by atoms with Gasteiger partial charge in [0.1, 0.15) is 6.61 Å². The Labute approximate surface area is 78.3 Å². The van der Waals surface area contributed by atoms with E-state index in [0.717, 1.165) is 25.6 Å². The van der Waals surface area contributed by atoms with Crippen molar-refractivity contribution in [1.29, 1.82) is 0 Å². The van der Waals surface area contributed by atoms with Crippen LogP contribution in [0.25, 0.3) is 0 Å². The summed E-state index contributed by atoms with van der Waals surface area (Å²) in [5, 5.41) is 0. The van der Waals surface area contributed by atoms with Crippen LogP contribution in [0.5, 0.6) is 0 Å². The first kappa shape index (κ1) is 11.7. The molecule has 4 heteroatoms. The molecule has 1 aliphatic heterocycles. The van der Waals surface area contributed by atoms with Crippen molar-refractivity contribution in [1.82, 2.24) is 0 Å². The van der Waals surface area contributed by atoms with Crippen molar-refractivity contribution < 1.29 is 14.3 Å². The SMILES string of the molecule is C1=NCCO1.C=CC(=O)OCCC. The highest BCUT2D eigenvalue weighted by Gasteiger charge is 1.89. The summed E-state index contributed by atoms with van der Waals surface area (Å²) in [5.74, 6) is -0.341. The number of aliphatic imine (C=N–C) groups is 1. The highest BCUT2D eigenvalue weighted by atomic mass is 16.5. The summed E-state index contributed by atoms with van der Waals surface area (Å²) >= 11 is 0. The molecule has 1 heterocycles. The molecule has 0 amide bonds. The molecule has 0 N–H and O–H groups in total. The Morgan fingerprint density at radius 2 is 2.62 bits per heavy atom. The fourth-order valence-electron chi connectivity index (χ4n) is 0.525. The fourth-order valence-corrected chi connectivity index (χ4v) is 0.525. The normalized spacial score (nSPS) is 12.4. The van der Waals surface area contributed by atoms with E-state index in [2.05, 4.69) is 21.0 Å². The number of nitrogens with zero attached hydrogens (tertiary/aromatic N) is 1. The van der Waals surface area contributed by atoms with Gasteiger partial charge in [-0.15, -0.1) is 0 Å². The number of hydrogen-bond donors (Lipinski definition) is 0. The van der Waals surface area contributed by atoms with Gasteiger partial charge in [0.2, 0.25) is 0 Å². The summed E-state index contributed by atoms with van der Waals surface area (Å²) in [6, 6.07) is 0. The predicted octanol–water partition coefficient (Wildman–Crippen LogP) is 1.17. The largest absolute Gasteiger partial charge is 0.482 e. The van der Waals surface area contributed by atoms with Crippen LogP contribution in [0.1, 0.15) is 13.3 Å². The molecule has 0 radical (unpaired) electrons. The third-order valence-corrected chi connectivity index (χ3v) is 1.10. The van der Waals surface area contributed by atoms with Crippen LogP contribution in [-0.4, -0.2) is 32.1 Å². The lowest BCUT2D eigenvalue weighted by molar-refractivity contribution is -0.137. The Bertz CT molecular complexity index is 172. The van der Waals surface area contributed by atoms with Crippen LogP contribution in [0.15, 0.2) is 17.6 Å². The van der Waals surface area contributed by atoms with Gasteiger partial charge in [-0.3, -0.25) is 4.99 Å². The molecule has 0 aliphatic carbocycles. The average molecular weight is 185 g/mol. The molecule has 0 bridgehead atoms. The maximum Gasteiger partial charge on any atom is 0.330 e. The second-order valence-electron chi connectivity index (χ2n) is 2.25. The number of esters is 1. The molecule has 13 heavy (non-hydrogen) atoms. The molecule has 74 valence electrons. The van der Waals surface area contributed by atoms with Crippen molar-refractivity contribution in [3.63, 3.8) is 0 Å². The van der Waals surface area contributed by atoms with Crippen molar-refractivity contribution in [3.8, 4) is 0 Å². The number of hydrogen-bond acceptors (Lipinski definition) is 4. The molecule has 0 saturated carbocycles. The van der Waals surface area contributed by atoms with Crippen LogP contribution in [0, 0.1) is 0 Å². The second-order valence-corrected chi connectivity index (χ2v) is 2.25. The van der Waals surface area contributed by atoms with E-state index in [1.165, 1.54) is 6.40 Å². The standard InChI is InChI=1S/C6H10O2.C3H5NO/c1-3-5-8-6(7)4-2;1-2-5-3-4-1/h4H,2-3,5H2,1H3;3H,1-2H2. The van der Waals surface area contributed by atoms with Crippen molar-refractivity contribution >= 4 is 12.4 Å². The first-order valence-electron chi connectivity index (χ1n) is 4.20. The van der Waals surface area contributed by atoms with E-state index in [1.54, 1.807) is 0 Å². The quantitative estimate of drug-likeness (QED) is 0.490. The van der Waals surface area contributed by atoms with Gasteiger partial charge in [-0.1, -0.05) is 13.5 Å². The molecule has 1 rings (SSSR count). The Balaban J connectivity index is 0.000000243. The third-order valence-electron chi connectivity index (χ3n) is 1.10. The van der Waals surface area contributed by atoms with Crippen LogP contribution >= 0.6 is 0 Å². The van der Waals surface area contributed by atoms with Crippen molar-refractivity contribution in [2.75, 3.05) is 19.8 Å². The zero-order valence-electron chi connectivity index (χ0n) is 7.86. The fraction of sp³-hybridized carbons (Fsp3) is 0.556.